The van der Waals surface area contributed by atoms with Crippen molar-refractivity contribution in [1.29, 1.82) is 0 Å². The minimum atomic E-state index is 0.113. The van der Waals surface area contributed by atoms with E-state index in [4.69, 9.17) is 0 Å². The van der Waals surface area contributed by atoms with Crippen LogP contribution in [0.2, 0.25) is 0 Å². The quantitative estimate of drug-likeness (QED) is 0.508. The second-order valence-electron chi connectivity index (χ2n) is 7.24. The first-order chi connectivity index (χ1) is 10.8. The topological polar surface area (TPSA) is 0 Å². The van der Waals surface area contributed by atoms with Gasteiger partial charge < -0.3 is 0 Å². The summed E-state index contributed by atoms with van der Waals surface area (Å²) in [4.78, 5) is 3.61. The van der Waals surface area contributed by atoms with Crippen LogP contribution in [0.3, 0.4) is 0 Å². The Morgan fingerprint density at radius 2 is 1.41 bits per heavy atom. The lowest BCUT2D eigenvalue weighted by atomic mass is 9.87. The van der Waals surface area contributed by atoms with E-state index in [-0.39, 0.29) is 7.92 Å². The van der Waals surface area contributed by atoms with Gasteiger partial charge >= 0.3 is 0 Å². The lowest BCUT2D eigenvalue weighted by molar-refractivity contribution is 0.447. The zero-order valence-electron chi connectivity index (χ0n) is 14.6. The third-order valence-corrected chi connectivity index (χ3v) is 10.0. The van der Waals surface area contributed by atoms with Crippen LogP contribution in [0.15, 0.2) is 6.07 Å². The van der Waals surface area contributed by atoms with Crippen molar-refractivity contribution in [3.8, 4) is 0 Å². The molecule has 0 unspecified atom stereocenters. The fourth-order valence-electron chi connectivity index (χ4n) is 4.47. The predicted octanol–water partition coefficient (Wildman–Crippen LogP) is 6.99. The van der Waals surface area contributed by atoms with Gasteiger partial charge in [-0.3, -0.25) is 0 Å². The summed E-state index contributed by atoms with van der Waals surface area (Å²) in [6, 6.07) is 2.70. The van der Waals surface area contributed by atoms with Crippen LogP contribution in [0.5, 0.6) is 0 Å². The van der Waals surface area contributed by atoms with Gasteiger partial charge in [-0.15, -0.1) is 11.3 Å². The molecule has 0 nitrogen and oxygen atoms in total. The van der Waals surface area contributed by atoms with Gasteiger partial charge in [-0.1, -0.05) is 60.3 Å². The Hall–Kier alpha value is 0.130. The van der Waals surface area contributed by atoms with Crippen molar-refractivity contribution in [2.24, 2.45) is 0 Å². The summed E-state index contributed by atoms with van der Waals surface area (Å²) in [6.45, 7) is 4.83. The lowest BCUT2D eigenvalue weighted by Crippen LogP contribution is -2.13. The molecule has 0 spiro atoms. The van der Waals surface area contributed by atoms with Crippen LogP contribution >= 0.6 is 19.3 Å². The van der Waals surface area contributed by atoms with Crippen LogP contribution in [0, 0.1) is 0 Å². The van der Waals surface area contributed by atoms with E-state index in [0.717, 1.165) is 11.8 Å². The molecule has 3 rings (SSSR count). The molecule has 1 heterocycles. The predicted molar refractivity (Wildman–Crippen MR) is 104 cm³/mol. The highest BCUT2D eigenvalue weighted by molar-refractivity contribution is 7.66. The van der Waals surface area contributed by atoms with Gasteiger partial charge in [0.15, 0.2) is 0 Å². The Kier molecular flexibility index (Phi) is 6.40. The molecule has 0 atom stereocenters. The SMILES string of the molecule is CCP(CC)c1cc(C2CCCCC2)sc1C1CCCCC1. The Labute approximate surface area is 142 Å². The van der Waals surface area contributed by atoms with Gasteiger partial charge in [0.2, 0.25) is 0 Å². The van der Waals surface area contributed by atoms with E-state index in [1.54, 1.807) is 4.88 Å². The van der Waals surface area contributed by atoms with Crippen molar-refractivity contribution < 1.29 is 0 Å². The summed E-state index contributed by atoms with van der Waals surface area (Å²) >= 11 is 2.25. The summed E-state index contributed by atoms with van der Waals surface area (Å²) < 4.78 is 0. The molecule has 0 amide bonds. The first-order valence-electron chi connectivity index (χ1n) is 9.72. The molecular weight excluding hydrogens is 303 g/mol. The second-order valence-corrected chi connectivity index (χ2v) is 11.2. The molecule has 2 heteroatoms. The number of thiophene rings is 1. The second kappa shape index (κ2) is 8.29. The van der Waals surface area contributed by atoms with E-state index in [0.29, 0.717) is 0 Å². The Bertz CT molecular complexity index is 448. The Balaban J connectivity index is 1.88. The summed E-state index contributed by atoms with van der Waals surface area (Å²) in [7, 11) is 0.113. The van der Waals surface area contributed by atoms with Gasteiger partial charge in [0, 0.05) is 9.75 Å². The van der Waals surface area contributed by atoms with Crippen molar-refractivity contribution in [2.45, 2.75) is 89.9 Å². The van der Waals surface area contributed by atoms with Gasteiger partial charge in [0.25, 0.3) is 0 Å². The molecule has 1 aromatic rings. The molecule has 22 heavy (non-hydrogen) atoms. The molecule has 0 aliphatic heterocycles. The third kappa shape index (κ3) is 3.78. The monoisotopic (exact) mass is 336 g/mol. The number of hydrogen-bond acceptors (Lipinski definition) is 1. The molecule has 2 aliphatic carbocycles. The van der Waals surface area contributed by atoms with E-state index < -0.39 is 0 Å². The van der Waals surface area contributed by atoms with Gasteiger partial charge in [-0.05, 0) is 61.2 Å². The normalized spacial score (nSPS) is 21.6. The minimum Gasteiger partial charge on any atom is -0.144 e. The van der Waals surface area contributed by atoms with Crippen LogP contribution in [-0.2, 0) is 0 Å². The zero-order chi connectivity index (χ0) is 15.4. The van der Waals surface area contributed by atoms with Crippen molar-refractivity contribution >= 4 is 24.6 Å². The van der Waals surface area contributed by atoms with Gasteiger partial charge in [-0.2, -0.15) is 0 Å². The maximum Gasteiger partial charge on any atom is 0.0156 e. The number of hydrogen-bond donors (Lipinski definition) is 0. The molecule has 0 aromatic carbocycles. The summed E-state index contributed by atoms with van der Waals surface area (Å²) in [6.07, 6.45) is 17.4. The van der Waals surface area contributed by atoms with Crippen molar-refractivity contribution in [3.05, 3.63) is 15.8 Å². The van der Waals surface area contributed by atoms with Crippen molar-refractivity contribution in [3.63, 3.8) is 0 Å². The van der Waals surface area contributed by atoms with Gasteiger partial charge in [0.1, 0.15) is 0 Å². The van der Waals surface area contributed by atoms with Gasteiger partial charge in [-0.25, -0.2) is 0 Å². The van der Waals surface area contributed by atoms with Gasteiger partial charge in [0.05, 0.1) is 0 Å². The third-order valence-electron chi connectivity index (χ3n) is 5.85. The highest BCUT2D eigenvalue weighted by Crippen LogP contribution is 2.46. The molecule has 0 N–H and O–H groups in total. The van der Waals surface area contributed by atoms with E-state index in [1.807, 2.05) is 10.2 Å². The number of rotatable bonds is 5. The Morgan fingerprint density at radius 1 is 0.864 bits per heavy atom. The van der Waals surface area contributed by atoms with E-state index >= 15 is 0 Å². The Morgan fingerprint density at radius 3 is 1.95 bits per heavy atom. The molecule has 2 fully saturated rings. The van der Waals surface area contributed by atoms with Crippen LogP contribution in [0.4, 0.5) is 0 Å². The fraction of sp³-hybridized carbons (Fsp3) is 0.800. The van der Waals surface area contributed by atoms with E-state index in [9.17, 15) is 0 Å². The van der Waals surface area contributed by atoms with Crippen LogP contribution < -0.4 is 5.30 Å². The average Bonchev–Trinajstić information content (AvgIpc) is 3.03. The molecule has 124 valence electrons. The average molecular weight is 337 g/mol. The summed E-state index contributed by atoms with van der Waals surface area (Å²) in [5, 5.41) is 1.83. The van der Waals surface area contributed by atoms with Crippen LogP contribution in [0.25, 0.3) is 0 Å². The lowest BCUT2D eigenvalue weighted by Gasteiger charge is -2.24. The highest BCUT2D eigenvalue weighted by atomic mass is 32.1. The standard InChI is InChI=1S/C20H33PS/c1-3-21(4-2)18-15-19(16-11-7-5-8-12-16)22-20(18)17-13-9-6-10-14-17/h15-17H,3-14H2,1-2H3. The van der Waals surface area contributed by atoms with E-state index in [2.05, 4.69) is 31.3 Å². The molecule has 2 aliphatic rings. The van der Waals surface area contributed by atoms with Crippen molar-refractivity contribution in [2.75, 3.05) is 12.3 Å². The smallest absolute Gasteiger partial charge is 0.0156 e. The summed E-state index contributed by atoms with van der Waals surface area (Å²) in [5.41, 5.74) is 0. The molecule has 2 saturated carbocycles. The molecular formula is C20H33PS. The fourth-order valence-corrected chi connectivity index (χ4v) is 8.43. The first-order valence-corrected chi connectivity index (χ1v) is 12.2. The largest absolute Gasteiger partial charge is 0.144 e. The molecule has 0 saturated heterocycles. The maximum atomic E-state index is 2.70. The zero-order valence-corrected chi connectivity index (χ0v) is 16.3. The maximum absolute atomic E-state index is 2.70. The van der Waals surface area contributed by atoms with E-state index in [1.165, 1.54) is 76.5 Å². The summed E-state index contributed by atoms with van der Waals surface area (Å²) in [5.74, 6) is 1.81. The van der Waals surface area contributed by atoms with Crippen LogP contribution in [-0.4, -0.2) is 12.3 Å². The molecule has 0 radical (unpaired) electrons. The molecule has 1 aromatic heterocycles. The first kappa shape index (κ1) is 17.0. The van der Waals surface area contributed by atoms with Crippen LogP contribution in [0.1, 0.15) is 99.6 Å². The highest BCUT2D eigenvalue weighted by Gasteiger charge is 2.26. The molecule has 0 bridgehead atoms. The minimum absolute atomic E-state index is 0.113. The van der Waals surface area contributed by atoms with Crippen molar-refractivity contribution in [1.82, 2.24) is 0 Å².